The highest BCUT2D eigenvalue weighted by Crippen LogP contribution is 2.34. The van der Waals surface area contributed by atoms with E-state index in [9.17, 15) is 4.79 Å². The van der Waals surface area contributed by atoms with Gasteiger partial charge in [0.05, 0.1) is 31.0 Å². The van der Waals surface area contributed by atoms with Gasteiger partial charge in [0.2, 0.25) is 0 Å². The van der Waals surface area contributed by atoms with E-state index in [-0.39, 0.29) is 5.91 Å². The SMILES string of the molecule is COc1ccc(C(=O)N(Cc2ccccc2)c2nc3ccc(Cl)cc3s2)cc1OC. The van der Waals surface area contributed by atoms with Crippen LogP contribution in [0.3, 0.4) is 0 Å². The second-order valence-corrected chi connectivity index (χ2v) is 8.00. The summed E-state index contributed by atoms with van der Waals surface area (Å²) in [4.78, 5) is 19.9. The van der Waals surface area contributed by atoms with Crippen molar-refractivity contribution in [3.63, 3.8) is 0 Å². The number of hydrogen-bond donors (Lipinski definition) is 0. The lowest BCUT2D eigenvalue weighted by Crippen LogP contribution is -2.30. The number of thiazole rings is 1. The summed E-state index contributed by atoms with van der Waals surface area (Å²) in [6.45, 7) is 0.390. The molecule has 4 aromatic rings. The summed E-state index contributed by atoms with van der Waals surface area (Å²) in [5, 5.41) is 1.24. The van der Waals surface area contributed by atoms with Gasteiger partial charge in [0.15, 0.2) is 16.6 Å². The molecule has 0 radical (unpaired) electrons. The van der Waals surface area contributed by atoms with Gasteiger partial charge in [0.1, 0.15) is 0 Å². The molecule has 0 aliphatic heterocycles. The van der Waals surface area contributed by atoms with Crippen molar-refractivity contribution in [3.05, 3.63) is 82.9 Å². The van der Waals surface area contributed by atoms with Crippen LogP contribution in [0.1, 0.15) is 15.9 Å². The van der Waals surface area contributed by atoms with E-state index in [0.29, 0.717) is 33.8 Å². The molecule has 0 N–H and O–H groups in total. The molecule has 0 bridgehead atoms. The summed E-state index contributed by atoms with van der Waals surface area (Å²) in [5.41, 5.74) is 2.29. The molecule has 152 valence electrons. The highest BCUT2D eigenvalue weighted by molar-refractivity contribution is 7.22. The number of halogens is 1. The van der Waals surface area contributed by atoms with Crippen LogP contribution in [0.5, 0.6) is 11.5 Å². The van der Waals surface area contributed by atoms with Crippen LogP contribution in [-0.2, 0) is 6.54 Å². The number of ether oxygens (including phenoxy) is 2. The van der Waals surface area contributed by atoms with Crippen LogP contribution in [0.2, 0.25) is 5.02 Å². The van der Waals surface area contributed by atoms with Crippen molar-refractivity contribution >= 4 is 44.2 Å². The van der Waals surface area contributed by atoms with E-state index in [1.165, 1.54) is 11.3 Å². The summed E-state index contributed by atoms with van der Waals surface area (Å²) in [7, 11) is 3.11. The largest absolute Gasteiger partial charge is 0.493 e. The van der Waals surface area contributed by atoms with Gasteiger partial charge in [0.25, 0.3) is 5.91 Å². The Morgan fingerprint density at radius 3 is 2.50 bits per heavy atom. The lowest BCUT2D eigenvalue weighted by Gasteiger charge is -2.21. The fourth-order valence-electron chi connectivity index (χ4n) is 3.12. The maximum Gasteiger partial charge on any atom is 0.260 e. The standard InChI is InChI=1S/C23H19ClN2O3S/c1-28-19-11-8-16(12-20(19)29-2)22(27)26(14-15-6-4-3-5-7-15)23-25-18-10-9-17(24)13-21(18)30-23/h3-13H,14H2,1-2H3. The van der Waals surface area contributed by atoms with E-state index in [4.69, 9.17) is 21.1 Å². The van der Waals surface area contributed by atoms with Crippen LogP contribution in [0, 0.1) is 0 Å². The molecule has 1 aromatic heterocycles. The zero-order valence-electron chi connectivity index (χ0n) is 16.5. The van der Waals surface area contributed by atoms with Gasteiger partial charge in [0, 0.05) is 10.6 Å². The van der Waals surface area contributed by atoms with Gasteiger partial charge in [-0.05, 0) is 42.0 Å². The van der Waals surface area contributed by atoms with E-state index < -0.39 is 0 Å². The van der Waals surface area contributed by atoms with Crippen molar-refractivity contribution in [2.45, 2.75) is 6.54 Å². The second-order valence-electron chi connectivity index (χ2n) is 6.56. The highest BCUT2D eigenvalue weighted by Gasteiger charge is 2.23. The molecular weight excluding hydrogens is 420 g/mol. The van der Waals surface area contributed by atoms with E-state index >= 15 is 0 Å². The maximum absolute atomic E-state index is 13.5. The lowest BCUT2D eigenvalue weighted by molar-refractivity contribution is 0.0984. The Kier molecular flexibility index (Phi) is 5.88. The highest BCUT2D eigenvalue weighted by atomic mass is 35.5. The number of rotatable bonds is 6. The summed E-state index contributed by atoms with van der Waals surface area (Å²) >= 11 is 7.56. The zero-order chi connectivity index (χ0) is 21.1. The third-order valence-corrected chi connectivity index (χ3v) is 5.91. The molecule has 1 heterocycles. The van der Waals surface area contributed by atoms with Gasteiger partial charge in [-0.25, -0.2) is 4.98 Å². The van der Waals surface area contributed by atoms with Crippen LogP contribution in [0.15, 0.2) is 66.7 Å². The molecule has 1 amide bonds. The molecule has 0 aliphatic rings. The van der Waals surface area contributed by atoms with E-state index in [1.807, 2.05) is 42.5 Å². The molecule has 0 aliphatic carbocycles. The first-order chi connectivity index (χ1) is 14.6. The van der Waals surface area contributed by atoms with E-state index in [2.05, 4.69) is 4.98 Å². The van der Waals surface area contributed by atoms with E-state index in [1.54, 1.807) is 43.4 Å². The summed E-state index contributed by atoms with van der Waals surface area (Å²) in [5.74, 6) is 0.891. The van der Waals surface area contributed by atoms with Gasteiger partial charge < -0.3 is 9.47 Å². The third-order valence-electron chi connectivity index (χ3n) is 4.63. The van der Waals surface area contributed by atoms with Crippen molar-refractivity contribution in [3.8, 4) is 11.5 Å². The Balaban J connectivity index is 1.77. The number of aromatic nitrogens is 1. The number of carbonyl (C=O) groups is 1. The predicted octanol–water partition coefficient (Wildman–Crippen LogP) is 5.81. The van der Waals surface area contributed by atoms with Crippen molar-refractivity contribution in [2.75, 3.05) is 19.1 Å². The minimum atomic E-state index is -0.176. The van der Waals surface area contributed by atoms with Crippen LogP contribution in [-0.4, -0.2) is 25.1 Å². The number of benzene rings is 3. The molecule has 0 saturated heterocycles. The van der Waals surface area contributed by atoms with Crippen molar-refractivity contribution in [1.82, 2.24) is 4.98 Å². The number of anilines is 1. The molecule has 0 unspecified atom stereocenters. The number of amides is 1. The van der Waals surface area contributed by atoms with Crippen LogP contribution < -0.4 is 14.4 Å². The number of nitrogens with zero attached hydrogens (tertiary/aromatic N) is 2. The molecule has 5 nitrogen and oxygen atoms in total. The molecule has 7 heteroatoms. The van der Waals surface area contributed by atoms with Crippen molar-refractivity contribution in [1.29, 1.82) is 0 Å². The minimum absolute atomic E-state index is 0.176. The van der Waals surface area contributed by atoms with Gasteiger partial charge in [-0.3, -0.25) is 9.69 Å². The van der Waals surface area contributed by atoms with Crippen LogP contribution in [0.25, 0.3) is 10.2 Å². The Hall–Kier alpha value is -3.09. The smallest absolute Gasteiger partial charge is 0.260 e. The molecule has 3 aromatic carbocycles. The molecule has 4 rings (SSSR count). The molecule has 0 saturated carbocycles. The fourth-order valence-corrected chi connectivity index (χ4v) is 4.36. The average molecular weight is 439 g/mol. The first kappa shape index (κ1) is 20.2. The quantitative estimate of drug-likeness (QED) is 0.381. The summed E-state index contributed by atoms with van der Waals surface area (Å²) in [6, 6.07) is 20.5. The Morgan fingerprint density at radius 1 is 1.00 bits per heavy atom. The monoisotopic (exact) mass is 438 g/mol. The van der Waals surface area contributed by atoms with Gasteiger partial charge in [-0.1, -0.05) is 53.3 Å². The Bertz CT molecular complexity index is 1190. The summed E-state index contributed by atoms with van der Waals surface area (Å²) < 4.78 is 11.6. The van der Waals surface area contributed by atoms with Gasteiger partial charge >= 0.3 is 0 Å². The van der Waals surface area contributed by atoms with Gasteiger partial charge in [-0.15, -0.1) is 0 Å². The lowest BCUT2D eigenvalue weighted by atomic mass is 10.1. The summed E-state index contributed by atoms with van der Waals surface area (Å²) in [6.07, 6.45) is 0. The molecule has 30 heavy (non-hydrogen) atoms. The average Bonchev–Trinajstić information content (AvgIpc) is 3.20. The predicted molar refractivity (Wildman–Crippen MR) is 121 cm³/mol. The third kappa shape index (κ3) is 4.10. The fraction of sp³-hybridized carbons (Fsp3) is 0.130. The second kappa shape index (κ2) is 8.73. The zero-order valence-corrected chi connectivity index (χ0v) is 18.0. The first-order valence-corrected chi connectivity index (χ1v) is 10.4. The molecule has 0 fully saturated rings. The molecule has 0 spiro atoms. The minimum Gasteiger partial charge on any atom is -0.493 e. The van der Waals surface area contributed by atoms with Crippen LogP contribution in [0.4, 0.5) is 5.13 Å². The number of fused-ring (bicyclic) bond motifs is 1. The normalized spacial score (nSPS) is 10.8. The Morgan fingerprint density at radius 2 is 1.77 bits per heavy atom. The van der Waals surface area contributed by atoms with Crippen molar-refractivity contribution in [2.24, 2.45) is 0 Å². The number of methoxy groups -OCH3 is 2. The first-order valence-electron chi connectivity index (χ1n) is 9.23. The number of hydrogen-bond acceptors (Lipinski definition) is 5. The van der Waals surface area contributed by atoms with Crippen LogP contribution >= 0.6 is 22.9 Å². The van der Waals surface area contributed by atoms with Gasteiger partial charge in [-0.2, -0.15) is 0 Å². The molecular formula is C23H19ClN2O3S. The van der Waals surface area contributed by atoms with Crippen molar-refractivity contribution < 1.29 is 14.3 Å². The molecule has 0 atom stereocenters. The Labute approximate surface area is 183 Å². The topological polar surface area (TPSA) is 51.7 Å². The maximum atomic E-state index is 13.5. The van der Waals surface area contributed by atoms with E-state index in [0.717, 1.165) is 15.8 Å². The number of carbonyl (C=O) groups excluding carboxylic acids is 1.